The van der Waals surface area contributed by atoms with Crippen LogP contribution in [0.4, 0.5) is 5.82 Å². The summed E-state index contributed by atoms with van der Waals surface area (Å²) in [5.74, 6) is 0.738. The van der Waals surface area contributed by atoms with E-state index >= 15 is 0 Å². The molecule has 0 atom stereocenters. The average molecular weight is 336 g/mol. The molecule has 1 heterocycles. The lowest BCUT2D eigenvalue weighted by molar-refractivity contribution is 0.651. The van der Waals surface area contributed by atoms with Gasteiger partial charge in [-0.05, 0) is 18.9 Å². The number of hydrogen-bond donors (Lipinski definition) is 1. The third-order valence-corrected chi connectivity index (χ3v) is 4.27. The van der Waals surface area contributed by atoms with Crippen molar-refractivity contribution < 1.29 is 0 Å². The second-order valence-corrected chi connectivity index (χ2v) is 5.98. The molecule has 2 N–H and O–H groups in total. The van der Waals surface area contributed by atoms with Crippen molar-refractivity contribution in [2.75, 3.05) is 5.73 Å². The minimum Gasteiger partial charge on any atom is -0.383 e. The molecule has 20 heavy (non-hydrogen) atoms. The Labute approximate surface area is 129 Å². The molecule has 108 valence electrons. The zero-order chi connectivity index (χ0) is 14.5. The van der Waals surface area contributed by atoms with Gasteiger partial charge >= 0.3 is 0 Å². The summed E-state index contributed by atoms with van der Waals surface area (Å²) in [6.07, 6.45) is 5.94. The fourth-order valence-electron chi connectivity index (χ4n) is 2.45. The highest BCUT2D eigenvalue weighted by molar-refractivity contribution is 9.10. The highest BCUT2D eigenvalue weighted by Gasteiger charge is 2.17. The first-order chi connectivity index (χ1) is 9.65. The molecule has 0 fully saturated rings. The van der Waals surface area contributed by atoms with Gasteiger partial charge in [-0.2, -0.15) is 5.10 Å². The van der Waals surface area contributed by atoms with Crippen LogP contribution in [0.25, 0.3) is 11.1 Å². The van der Waals surface area contributed by atoms with Crippen LogP contribution in [0, 0.1) is 0 Å². The maximum Gasteiger partial charge on any atom is 0.129 e. The number of unbranched alkanes of at least 4 members (excludes halogenated alkanes) is 3. The van der Waals surface area contributed by atoms with Gasteiger partial charge in [-0.25, -0.2) is 0 Å². The van der Waals surface area contributed by atoms with Gasteiger partial charge in [0, 0.05) is 22.6 Å². The van der Waals surface area contributed by atoms with Gasteiger partial charge < -0.3 is 5.73 Å². The van der Waals surface area contributed by atoms with Crippen molar-refractivity contribution in [3.63, 3.8) is 0 Å². The summed E-state index contributed by atoms with van der Waals surface area (Å²) in [6.45, 7) is 2.23. The second kappa shape index (κ2) is 6.93. The van der Waals surface area contributed by atoms with Crippen molar-refractivity contribution in [1.29, 1.82) is 0 Å². The summed E-state index contributed by atoms with van der Waals surface area (Å²) in [5, 5.41) is 4.60. The molecule has 0 aliphatic carbocycles. The lowest BCUT2D eigenvalue weighted by atomic mass is 10.0. The molecule has 0 unspecified atom stereocenters. The molecule has 0 aliphatic heterocycles. The van der Waals surface area contributed by atoms with E-state index in [2.05, 4.69) is 34.0 Å². The number of benzene rings is 1. The molecule has 0 saturated heterocycles. The Morgan fingerprint density at radius 3 is 2.65 bits per heavy atom. The van der Waals surface area contributed by atoms with Crippen LogP contribution in [0.1, 0.15) is 38.3 Å². The van der Waals surface area contributed by atoms with E-state index in [-0.39, 0.29) is 0 Å². The van der Waals surface area contributed by atoms with Crippen LogP contribution >= 0.6 is 15.9 Å². The Hall–Kier alpha value is -1.29. The highest BCUT2D eigenvalue weighted by Crippen LogP contribution is 2.35. The number of aromatic nitrogens is 2. The molecule has 2 aromatic rings. The number of halogens is 1. The molecule has 1 aromatic carbocycles. The van der Waals surface area contributed by atoms with E-state index in [9.17, 15) is 0 Å². The summed E-state index contributed by atoms with van der Waals surface area (Å²) in [5.41, 5.74) is 9.53. The molecule has 0 amide bonds. The number of anilines is 1. The molecule has 2 rings (SSSR count). The number of aryl methyl sites for hydroxylation is 2. The van der Waals surface area contributed by atoms with E-state index in [1.165, 1.54) is 25.7 Å². The lowest BCUT2D eigenvalue weighted by Crippen LogP contribution is -1.98. The fourth-order valence-corrected chi connectivity index (χ4v) is 2.93. The van der Waals surface area contributed by atoms with Gasteiger partial charge in [0.25, 0.3) is 0 Å². The Balaban J connectivity index is 2.30. The molecule has 0 spiro atoms. The number of nitrogen functional groups attached to an aromatic ring is 1. The molecule has 3 nitrogen and oxygen atoms in total. The molecule has 1 aromatic heterocycles. The van der Waals surface area contributed by atoms with Crippen LogP contribution in [-0.2, 0) is 13.5 Å². The van der Waals surface area contributed by atoms with Crippen LogP contribution in [-0.4, -0.2) is 9.78 Å². The van der Waals surface area contributed by atoms with Gasteiger partial charge in [0.2, 0.25) is 0 Å². The van der Waals surface area contributed by atoms with E-state index < -0.39 is 0 Å². The lowest BCUT2D eigenvalue weighted by Gasteiger charge is -2.06. The van der Waals surface area contributed by atoms with Crippen LogP contribution in [0.2, 0.25) is 0 Å². The van der Waals surface area contributed by atoms with E-state index in [0.717, 1.165) is 33.5 Å². The van der Waals surface area contributed by atoms with Crippen molar-refractivity contribution in [1.82, 2.24) is 9.78 Å². The molecule has 0 radical (unpaired) electrons. The van der Waals surface area contributed by atoms with Crippen molar-refractivity contribution in [3.05, 3.63) is 34.4 Å². The maximum atomic E-state index is 6.21. The molecule has 4 heteroatoms. The summed E-state index contributed by atoms with van der Waals surface area (Å²) >= 11 is 3.61. The van der Waals surface area contributed by atoms with E-state index in [1.54, 1.807) is 4.68 Å². The molecular weight excluding hydrogens is 314 g/mol. The van der Waals surface area contributed by atoms with Crippen LogP contribution < -0.4 is 5.73 Å². The zero-order valence-electron chi connectivity index (χ0n) is 12.2. The molecule has 0 saturated carbocycles. The Bertz CT molecular complexity index is 575. The minimum atomic E-state index is 0.738. The zero-order valence-corrected chi connectivity index (χ0v) is 13.8. The van der Waals surface area contributed by atoms with Crippen molar-refractivity contribution in [2.45, 2.75) is 39.0 Å². The first-order valence-electron chi connectivity index (χ1n) is 7.21. The van der Waals surface area contributed by atoms with E-state index in [1.807, 2.05) is 25.2 Å². The normalized spacial score (nSPS) is 10.9. The molecular formula is C16H22BrN3. The van der Waals surface area contributed by atoms with Crippen molar-refractivity contribution in [3.8, 4) is 11.1 Å². The number of rotatable bonds is 6. The third kappa shape index (κ3) is 3.23. The van der Waals surface area contributed by atoms with Crippen molar-refractivity contribution >= 4 is 21.7 Å². The first-order valence-corrected chi connectivity index (χ1v) is 8.00. The number of nitrogens with zero attached hydrogens (tertiary/aromatic N) is 2. The number of hydrogen-bond acceptors (Lipinski definition) is 2. The van der Waals surface area contributed by atoms with Gasteiger partial charge in [0.15, 0.2) is 0 Å². The van der Waals surface area contributed by atoms with Gasteiger partial charge in [-0.3, -0.25) is 4.68 Å². The summed E-state index contributed by atoms with van der Waals surface area (Å²) in [4.78, 5) is 0. The Morgan fingerprint density at radius 2 is 1.95 bits per heavy atom. The fraction of sp³-hybridized carbons (Fsp3) is 0.438. The average Bonchev–Trinajstić information content (AvgIpc) is 2.71. The second-order valence-electron chi connectivity index (χ2n) is 5.12. The minimum absolute atomic E-state index is 0.738. The van der Waals surface area contributed by atoms with Gasteiger partial charge in [-0.1, -0.05) is 60.3 Å². The van der Waals surface area contributed by atoms with E-state index in [4.69, 9.17) is 5.73 Å². The summed E-state index contributed by atoms with van der Waals surface area (Å²) in [6, 6.07) is 8.18. The predicted molar refractivity (Wildman–Crippen MR) is 88.6 cm³/mol. The summed E-state index contributed by atoms with van der Waals surface area (Å²) < 4.78 is 2.85. The maximum absolute atomic E-state index is 6.21. The molecule has 0 bridgehead atoms. The number of nitrogens with two attached hydrogens (primary N) is 1. The van der Waals surface area contributed by atoms with E-state index in [0.29, 0.717) is 0 Å². The predicted octanol–water partition coefficient (Wildman–Crippen LogP) is 4.55. The van der Waals surface area contributed by atoms with Crippen LogP contribution in [0.3, 0.4) is 0 Å². The van der Waals surface area contributed by atoms with Gasteiger partial charge in [-0.15, -0.1) is 0 Å². The third-order valence-electron chi connectivity index (χ3n) is 3.57. The highest BCUT2D eigenvalue weighted by atomic mass is 79.9. The SMILES string of the molecule is CCCCCCc1nn(C)c(N)c1-c1ccccc1Br. The Morgan fingerprint density at radius 1 is 1.20 bits per heavy atom. The van der Waals surface area contributed by atoms with Crippen LogP contribution in [0.15, 0.2) is 28.7 Å². The van der Waals surface area contributed by atoms with Gasteiger partial charge in [0.1, 0.15) is 5.82 Å². The largest absolute Gasteiger partial charge is 0.383 e. The topological polar surface area (TPSA) is 43.8 Å². The standard InChI is InChI=1S/C16H22BrN3/c1-3-4-5-6-11-14-15(16(18)20(2)19-14)12-9-7-8-10-13(12)17/h7-10H,3-6,11,18H2,1-2H3. The van der Waals surface area contributed by atoms with Crippen LogP contribution in [0.5, 0.6) is 0 Å². The van der Waals surface area contributed by atoms with Crippen molar-refractivity contribution in [2.24, 2.45) is 7.05 Å². The van der Waals surface area contributed by atoms with Gasteiger partial charge in [0.05, 0.1) is 5.69 Å². The first kappa shape index (κ1) is 15.1. The smallest absolute Gasteiger partial charge is 0.129 e. The summed E-state index contributed by atoms with van der Waals surface area (Å²) in [7, 11) is 1.91. The Kier molecular flexibility index (Phi) is 5.24. The molecule has 0 aliphatic rings. The quantitative estimate of drug-likeness (QED) is 0.786. The monoisotopic (exact) mass is 335 g/mol.